The van der Waals surface area contributed by atoms with Crippen molar-refractivity contribution in [2.24, 2.45) is 0 Å². The van der Waals surface area contributed by atoms with E-state index in [4.69, 9.17) is 8.83 Å². The van der Waals surface area contributed by atoms with E-state index in [1.165, 1.54) is 12.1 Å². The number of para-hydroxylation sites is 2. The number of hydrogen-bond donors (Lipinski definition) is 2. The monoisotopic (exact) mass is 590 g/mol. The van der Waals surface area contributed by atoms with Crippen LogP contribution in [0.25, 0.3) is 65.4 Å². The van der Waals surface area contributed by atoms with E-state index in [2.05, 4.69) is 16.7 Å². The Morgan fingerprint density at radius 1 is 0.467 bits per heavy atom. The quantitative estimate of drug-likeness (QED) is 0.196. The van der Waals surface area contributed by atoms with Crippen LogP contribution in [0.2, 0.25) is 0 Å². The minimum absolute atomic E-state index is 0.260. The maximum atomic E-state index is 15.7. The molecule has 7 aromatic carbocycles. The second kappa shape index (κ2) is 9.82. The predicted octanol–water partition coefficient (Wildman–Crippen LogP) is 11.4. The zero-order valence-electron chi connectivity index (χ0n) is 23.8. The Hall–Kier alpha value is -5.88. The number of rotatable bonds is 5. The number of fused-ring (bicyclic) bond motifs is 9. The summed E-state index contributed by atoms with van der Waals surface area (Å²) in [6.45, 7) is 0.498. The molecule has 216 valence electrons. The summed E-state index contributed by atoms with van der Waals surface area (Å²) in [6.07, 6.45) is 0. The first-order valence-corrected chi connectivity index (χ1v) is 14.8. The van der Waals surface area contributed by atoms with Crippen LogP contribution < -0.4 is 10.6 Å². The van der Waals surface area contributed by atoms with Crippen LogP contribution in [-0.4, -0.2) is 0 Å². The fraction of sp³-hybridized carbons (Fsp3) is 0.0256. The zero-order valence-corrected chi connectivity index (χ0v) is 23.8. The van der Waals surface area contributed by atoms with Gasteiger partial charge < -0.3 is 19.5 Å². The maximum Gasteiger partial charge on any atom is 0.135 e. The summed E-state index contributed by atoms with van der Waals surface area (Å²) in [4.78, 5) is 0. The highest BCUT2D eigenvalue weighted by Crippen LogP contribution is 2.36. The van der Waals surface area contributed by atoms with Crippen molar-refractivity contribution in [3.63, 3.8) is 0 Å². The largest absolute Gasteiger partial charge is 0.456 e. The minimum atomic E-state index is -0.490. The van der Waals surface area contributed by atoms with Gasteiger partial charge in [0.25, 0.3) is 0 Å². The van der Waals surface area contributed by atoms with Crippen LogP contribution in [0.3, 0.4) is 0 Å². The molecule has 9 rings (SSSR count). The van der Waals surface area contributed by atoms with Gasteiger partial charge in [0.05, 0.1) is 0 Å². The number of benzene rings is 7. The van der Waals surface area contributed by atoms with Gasteiger partial charge in [-0.3, -0.25) is 0 Å². The van der Waals surface area contributed by atoms with Crippen LogP contribution in [-0.2, 0) is 6.54 Å². The van der Waals surface area contributed by atoms with Crippen LogP contribution in [0.4, 0.5) is 25.8 Å². The number of furan rings is 2. The fourth-order valence-corrected chi connectivity index (χ4v) is 6.46. The van der Waals surface area contributed by atoms with E-state index in [1.54, 1.807) is 0 Å². The summed E-state index contributed by atoms with van der Waals surface area (Å²) in [5.74, 6) is -0.968. The molecule has 0 atom stereocenters. The van der Waals surface area contributed by atoms with Gasteiger partial charge in [-0.05, 0) is 83.1 Å². The lowest BCUT2D eigenvalue weighted by atomic mass is 9.99. The molecule has 6 heteroatoms. The maximum absolute atomic E-state index is 15.7. The van der Waals surface area contributed by atoms with E-state index in [9.17, 15) is 0 Å². The molecule has 0 bridgehead atoms. The van der Waals surface area contributed by atoms with Crippen molar-refractivity contribution < 1.29 is 17.6 Å². The molecule has 4 nitrogen and oxygen atoms in total. The summed E-state index contributed by atoms with van der Waals surface area (Å²) in [7, 11) is 0. The van der Waals surface area contributed by atoms with Gasteiger partial charge in [-0.15, -0.1) is 0 Å². The second-order valence-corrected chi connectivity index (χ2v) is 11.4. The van der Waals surface area contributed by atoms with E-state index in [1.807, 2.05) is 103 Å². The summed E-state index contributed by atoms with van der Waals surface area (Å²) >= 11 is 0. The normalized spacial score (nSPS) is 11.9. The SMILES string of the molecule is Fc1cc(NCc2ccc3oc4ccccc4c3c2)cc2ccc3cc(Nc4ccc5oc6ccccc6c5c4)cc(F)c3c12. The molecular weight excluding hydrogens is 566 g/mol. The molecule has 0 aliphatic heterocycles. The first kappa shape index (κ1) is 25.6. The summed E-state index contributed by atoms with van der Waals surface area (Å²) in [6, 6.07) is 37.9. The van der Waals surface area contributed by atoms with E-state index in [-0.39, 0.29) is 10.8 Å². The molecule has 2 aromatic heterocycles. The third-order valence-corrected chi connectivity index (χ3v) is 8.54. The van der Waals surface area contributed by atoms with Crippen molar-refractivity contribution in [2.75, 3.05) is 10.6 Å². The van der Waals surface area contributed by atoms with Gasteiger partial charge in [0.1, 0.15) is 34.0 Å². The van der Waals surface area contributed by atoms with Gasteiger partial charge in [-0.1, -0.05) is 54.6 Å². The standard InChI is InChI=1S/C39H24F2N2O2/c40-32-19-26(42-21-22-9-13-36-30(15-22)28-5-1-3-7-34(28)44-36)16-23-10-11-24-17-27(20-33(41)39(24)38(23)32)43-25-12-14-37-31(18-25)29-6-2-4-8-35(29)45-37/h1-20,42-43H,21H2. The molecule has 0 aliphatic carbocycles. The van der Waals surface area contributed by atoms with Gasteiger partial charge in [0.15, 0.2) is 0 Å². The Balaban J connectivity index is 1.02. The summed E-state index contributed by atoms with van der Waals surface area (Å²) in [5, 5.41) is 12.5. The lowest BCUT2D eigenvalue weighted by molar-refractivity contribution is 0.632. The molecule has 0 saturated carbocycles. The molecule has 0 amide bonds. The van der Waals surface area contributed by atoms with Crippen molar-refractivity contribution in [3.05, 3.63) is 139 Å². The predicted molar refractivity (Wildman–Crippen MR) is 179 cm³/mol. The van der Waals surface area contributed by atoms with Gasteiger partial charge in [-0.2, -0.15) is 0 Å². The first-order valence-electron chi connectivity index (χ1n) is 14.8. The van der Waals surface area contributed by atoms with Crippen LogP contribution in [0.15, 0.2) is 130 Å². The Morgan fingerprint density at radius 2 is 1.02 bits per heavy atom. The molecule has 0 fully saturated rings. The van der Waals surface area contributed by atoms with Crippen LogP contribution in [0.1, 0.15) is 5.56 Å². The molecule has 2 heterocycles. The molecule has 2 N–H and O–H groups in total. The van der Waals surface area contributed by atoms with Crippen molar-refractivity contribution in [3.8, 4) is 0 Å². The van der Waals surface area contributed by atoms with Gasteiger partial charge in [0.2, 0.25) is 0 Å². The highest BCUT2D eigenvalue weighted by Gasteiger charge is 2.15. The number of nitrogens with one attached hydrogen (secondary N) is 2. The minimum Gasteiger partial charge on any atom is -0.456 e. The van der Waals surface area contributed by atoms with Gasteiger partial charge in [0, 0.05) is 55.9 Å². The van der Waals surface area contributed by atoms with E-state index in [0.717, 1.165) is 55.1 Å². The van der Waals surface area contributed by atoms with E-state index in [0.29, 0.717) is 28.7 Å². The molecule has 45 heavy (non-hydrogen) atoms. The Bertz CT molecular complexity index is 2620. The highest BCUT2D eigenvalue weighted by atomic mass is 19.1. The third-order valence-electron chi connectivity index (χ3n) is 8.54. The fourth-order valence-electron chi connectivity index (χ4n) is 6.46. The third kappa shape index (κ3) is 4.25. The van der Waals surface area contributed by atoms with E-state index >= 15 is 8.78 Å². The molecule has 0 spiro atoms. The summed E-state index contributed by atoms with van der Waals surface area (Å²) < 4.78 is 43.2. The highest BCUT2D eigenvalue weighted by molar-refractivity contribution is 6.10. The molecule has 0 radical (unpaired) electrons. The van der Waals surface area contributed by atoms with Crippen LogP contribution in [0, 0.1) is 11.6 Å². The first-order chi connectivity index (χ1) is 22.1. The summed E-state index contributed by atoms with van der Waals surface area (Å²) in [5.41, 5.74) is 6.32. The number of hydrogen-bond acceptors (Lipinski definition) is 4. The average Bonchev–Trinajstić information content (AvgIpc) is 3.61. The Morgan fingerprint density at radius 3 is 1.71 bits per heavy atom. The van der Waals surface area contributed by atoms with Crippen molar-refractivity contribution in [1.29, 1.82) is 0 Å². The van der Waals surface area contributed by atoms with Crippen LogP contribution >= 0.6 is 0 Å². The average molecular weight is 591 g/mol. The molecule has 9 aromatic rings. The second-order valence-electron chi connectivity index (χ2n) is 11.4. The lowest BCUT2D eigenvalue weighted by Gasteiger charge is -2.13. The topological polar surface area (TPSA) is 50.3 Å². The molecule has 0 saturated heterocycles. The molecular formula is C39H24F2N2O2. The number of anilines is 3. The number of halogens is 2. The van der Waals surface area contributed by atoms with Crippen molar-refractivity contribution in [1.82, 2.24) is 0 Å². The Labute approximate surface area is 255 Å². The lowest BCUT2D eigenvalue weighted by Crippen LogP contribution is -2.00. The van der Waals surface area contributed by atoms with Crippen molar-refractivity contribution in [2.45, 2.75) is 6.54 Å². The van der Waals surface area contributed by atoms with Gasteiger partial charge >= 0.3 is 0 Å². The van der Waals surface area contributed by atoms with E-state index < -0.39 is 11.6 Å². The van der Waals surface area contributed by atoms with Gasteiger partial charge in [-0.25, -0.2) is 8.78 Å². The van der Waals surface area contributed by atoms with Crippen molar-refractivity contribution >= 4 is 82.5 Å². The Kier molecular flexibility index (Phi) is 5.59. The zero-order chi connectivity index (χ0) is 30.1. The smallest absolute Gasteiger partial charge is 0.135 e. The molecule has 0 unspecified atom stereocenters. The molecule has 0 aliphatic rings. The van der Waals surface area contributed by atoms with Crippen LogP contribution in [0.5, 0.6) is 0 Å².